The number of anilines is 1. The van der Waals surface area contributed by atoms with Crippen molar-refractivity contribution in [2.75, 3.05) is 19.0 Å². The summed E-state index contributed by atoms with van der Waals surface area (Å²) in [5.74, 6) is 1.70. The van der Waals surface area contributed by atoms with Gasteiger partial charge in [0.25, 0.3) is 0 Å². The lowest BCUT2D eigenvalue weighted by Gasteiger charge is -2.04. The second-order valence-electron chi connectivity index (χ2n) is 3.54. The van der Waals surface area contributed by atoms with Crippen molar-refractivity contribution in [1.29, 1.82) is 0 Å². The fourth-order valence-corrected chi connectivity index (χ4v) is 3.00. The lowest BCUT2D eigenvalue weighted by Crippen LogP contribution is -1.97. The molecule has 1 aromatic carbocycles. The highest BCUT2D eigenvalue weighted by Crippen LogP contribution is 2.28. The van der Waals surface area contributed by atoms with Crippen molar-refractivity contribution in [2.45, 2.75) is 17.6 Å². The Bertz CT molecular complexity index is 484. The van der Waals surface area contributed by atoms with Crippen LogP contribution in [0.15, 0.2) is 29.2 Å². The van der Waals surface area contributed by atoms with Crippen LogP contribution < -0.4 is 10.1 Å². The van der Waals surface area contributed by atoms with Crippen LogP contribution in [0.3, 0.4) is 0 Å². The van der Waals surface area contributed by atoms with Crippen LogP contribution >= 0.6 is 23.3 Å². The van der Waals surface area contributed by atoms with Gasteiger partial charge in [0.2, 0.25) is 0 Å². The highest BCUT2D eigenvalue weighted by atomic mass is 32.2. The summed E-state index contributed by atoms with van der Waals surface area (Å²) >= 11 is 3.16. The van der Waals surface area contributed by atoms with E-state index in [0.29, 0.717) is 0 Å². The van der Waals surface area contributed by atoms with Gasteiger partial charge < -0.3 is 10.1 Å². The Balaban J connectivity index is 1.95. The summed E-state index contributed by atoms with van der Waals surface area (Å²) in [6.07, 6.45) is 0. The Morgan fingerprint density at radius 1 is 1.33 bits per heavy atom. The van der Waals surface area contributed by atoms with Crippen LogP contribution in [0.5, 0.6) is 5.75 Å². The van der Waals surface area contributed by atoms with Gasteiger partial charge in [-0.2, -0.15) is 0 Å². The number of benzene rings is 1. The van der Waals surface area contributed by atoms with E-state index in [1.807, 2.05) is 12.1 Å². The smallest absolute Gasteiger partial charge is 0.134 e. The first-order valence-electron chi connectivity index (χ1n) is 5.65. The summed E-state index contributed by atoms with van der Waals surface area (Å²) in [6, 6.07) is 8.03. The summed E-state index contributed by atoms with van der Waals surface area (Å²) in [4.78, 5) is 1.20. The van der Waals surface area contributed by atoms with Crippen LogP contribution in [0.1, 0.15) is 12.6 Å². The largest absolute Gasteiger partial charge is 0.497 e. The monoisotopic (exact) mass is 281 g/mol. The zero-order valence-corrected chi connectivity index (χ0v) is 12.0. The molecular formula is C12H15N3OS2. The first-order chi connectivity index (χ1) is 8.83. The van der Waals surface area contributed by atoms with Gasteiger partial charge in [-0.05, 0) is 31.2 Å². The molecule has 1 aromatic heterocycles. The predicted molar refractivity (Wildman–Crippen MR) is 76.6 cm³/mol. The van der Waals surface area contributed by atoms with Crippen molar-refractivity contribution >= 4 is 28.3 Å². The molecule has 0 fully saturated rings. The van der Waals surface area contributed by atoms with Gasteiger partial charge in [0.05, 0.1) is 7.11 Å². The van der Waals surface area contributed by atoms with Crippen LogP contribution in [0, 0.1) is 0 Å². The molecule has 0 aliphatic rings. The van der Waals surface area contributed by atoms with Crippen molar-refractivity contribution in [3.8, 4) is 5.75 Å². The Kier molecular flexibility index (Phi) is 4.83. The van der Waals surface area contributed by atoms with Crippen molar-refractivity contribution in [2.24, 2.45) is 0 Å². The topological polar surface area (TPSA) is 47.0 Å². The third-order valence-corrected chi connectivity index (χ3v) is 4.08. The summed E-state index contributed by atoms with van der Waals surface area (Å²) in [5, 5.41) is 8.48. The minimum absolute atomic E-state index is 0.825. The molecule has 1 N–H and O–H groups in total. The van der Waals surface area contributed by atoms with Crippen LogP contribution in [0.4, 0.5) is 5.00 Å². The number of hydrogen-bond acceptors (Lipinski definition) is 6. The number of nitrogens with one attached hydrogen (secondary N) is 1. The van der Waals surface area contributed by atoms with E-state index < -0.39 is 0 Å². The minimum Gasteiger partial charge on any atom is -0.497 e. The molecule has 2 rings (SSSR count). The SMILES string of the molecule is CCNc1snnc1CSc1ccc(OC)cc1. The molecule has 4 nitrogen and oxygen atoms in total. The highest BCUT2D eigenvalue weighted by molar-refractivity contribution is 7.98. The number of aromatic nitrogens is 2. The fraction of sp³-hybridized carbons (Fsp3) is 0.333. The highest BCUT2D eigenvalue weighted by Gasteiger charge is 2.07. The van der Waals surface area contributed by atoms with E-state index in [-0.39, 0.29) is 0 Å². The molecule has 0 saturated carbocycles. The third kappa shape index (κ3) is 3.36. The number of ether oxygens (including phenoxy) is 1. The van der Waals surface area contributed by atoms with Crippen LogP contribution in [0.25, 0.3) is 0 Å². The standard InChI is InChI=1S/C12H15N3OS2/c1-3-13-12-11(14-15-18-12)8-17-10-6-4-9(16-2)5-7-10/h4-7,13H,3,8H2,1-2H3. The molecule has 96 valence electrons. The van der Waals surface area contributed by atoms with Gasteiger partial charge in [-0.25, -0.2) is 0 Å². The zero-order valence-electron chi connectivity index (χ0n) is 10.3. The Labute approximate surface area is 115 Å². The first-order valence-corrected chi connectivity index (χ1v) is 7.41. The molecule has 0 bridgehead atoms. The zero-order chi connectivity index (χ0) is 12.8. The second kappa shape index (κ2) is 6.61. The van der Waals surface area contributed by atoms with Crippen molar-refractivity contribution in [1.82, 2.24) is 9.59 Å². The van der Waals surface area contributed by atoms with E-state index in [4.69, 9.17) is 4.74 Å². The number of hydrogen-bond donors (Lipinski definition) is 1. The van der Waals surface area contributed by atoms with Gasteiger partial charge in [-0.15, -0.1) is 16.9 Å². The fourth-order valence-electron chi connectivity index (χ4n) is 1.42. The van der Waals surface area contributed by atoms with Gasteiger partial charge in [0.1, 0.15) is 16.4 Å². The number of rotatable bonds is 6. The molecule has 0 saturated heterocycles. The molecule has 0 aliphatic carbocycles. The number of thioether (sulfide) groups is 1. The van der Waals surface area contributed by atoms with E-state index in [1.54, 1.807) is 18.9 Å². The average molecular weight is 281 g/mol. The maximum absolute atomic E-state index is 5.13. The van der Waals surface area contributed by atoms with E-state index >= 15 is 0 Å². The molecule has 0 atom stereocenters. The predicted octanol–water partition coefficient (Wildman–Crippen LogP) is 3.27. The summed E-state index contributed by atoms with van der Waals surface area (Å²) < 4.78 is 9.11. The number of nitrogens with zero attached hydrogens (tertiary/aromatic N) is 2. The summed E-state index contributed by atoms with van der Waals surface area (Å²) in [7, 11) is 1.67. The van der Waals surface area contributed by atoms with Crippen molar-refractivity contribution in [3.05, 3.63) is 30.0 Å². The molecule has 1 heterocycles. The van der Waals surface area contributed by atoms with Crippen molar-refractivity contribution in [3.63, 3.8) is 0 Å². The molecule has 6 heteroatoms. The molecule has 18 heavy (non-hydrogen) atoms. The maximum atomic E-state index is 5.13. The molecule has 0 spiro atoms. The third-order valence-electron chi connectivity index (χ3n) is 2.33. The maximum Gasteiger partial charge on any atom is 0.134 e. The molecular weight excluding hydrogens is 266 g/mol. The van der Waals surface area contributed by atoms with Crippen LogP contribution in [-0.2, 0) is 5.75 Å². The van der Waals surface area contributed by atoms with Gasteiger partial charge in [0.15, 0.2) is 0 Å². The molecule has 0 radical (unpaired) electrons. The van der Waals surface area contributed by atoms with Gasteiger partial charge in [0, 0.05) is 28.7 Å². The molecule has 0 aliphatic heterocycles. The van der Waals surface area contributed by atoms with E-state index in [9.17, 15) is 0 Å². The minimum atomic E-state index is 0.825. The van der Waals surface area contributed by atoms with E-state index in [1.165, 1.54) is 16.4 Å². The molecule has 0 amide bonds. The van der Waals surface area contributed by atoms with Crippen LogP contribution in [-0.4, -0.2) is 23.2 Å². The molecule has 2 aromatic rings. The van der Waals surface area contributed by atoms with Gasteiger partial charge in [-0.1, -0.05) is 4.49 Å². The van der Waals surface area contributed by atoms with Gasteiger partial charge in [-0.3, -0.25) is 0 Å². The quantitative estimate of drug-likeness (QED) is 0.823. The van der Waals surface area contributed by atoms with E-state index in [2.05, 4.69) is 34.0 Å². The Morgan fingerprint density at radius 3 is 2.78 bits per heavy atom. The summed E-state index contributed by atoms with van der Waals surface area (Å²) in [5.41, 5.74) is 1.02. The lowest BCUT2D eigenvalue weighted by atomic mass is 10.3. The number of methoxy groups -OCH3 is 1. The normalized spacial score (nSPS) is 10.3. The van der Waals surface area contributed by atoms with Crippen molar-refractivity contribution < 1.29 is 4.74 Å². The summed E-state index contributed by atoms with van der Waals surface area (Å²) in [6.45, 7) is 2.96. The molecule has 0 unspecified atom stereocenters. The first kappa shape index (κ1) is 13.2. The Morgan fingerprint density at radius 2 is 2.11 bits per heavy atom. The Hall–Kier alpha value is -1.27. The van der Waals surface area contributed by atoms with E-state index in [0.717, 1.165) is 28.7 Å². The lowest BCUT2D eigenvalue weighted by molar-refractivity contribution is 0.414. The average Bonchev–Trinajstić information content (AvgIpc) is 2.85. The second-order valence-corrected chi connectivity index (χ2v) is 5.35. The van der Waals surface area contributed by atoms with Gasteiger partial charge >= 0.3 is 0 Å². The van der Waals surface area contributed by atoms with Crippen LogP contribution in [0.2, 0.25) is 0 Å².